The van der Waals surface area contributed by atoms with E-state index < -0.39 is 12.0 Å². The van der Waals surface area contributed by atoms with Gasteiger partial charge in [-0.25, -0.2) is 0 Å². The molecule has 0 bridgehead atoms. The summed E-state index contributed by atoms with van der Waals surface area (Å²) in [5.41, 5.74) is 0. The number of methoxy groups -OCH3 is 1. The smallest absolute Gasteiger partial charge is 0.307 e. The summed E-state index contributed by atoms with van der Waals surface area (Å²) < 4.78 is 4.38. The van der Waals surface area contributed by atoms with Gasteiger partial charge in [0.2, 0.25) is 0 Å². The van der Waals surface area contributed by atoms with Crippen LogP contribution in [0.15, 0.2) is 0 Å². The minimum absolute atomic E-state index is 0.0732. The first-order valence-corrected chi connectivity index (χ1v) is 3.72. The molecule has 0 saturated heterocycles. The molecule has 1 atom stereocenters. The number of ketones is 1. The van der Waals surface area contributed by atoms with Crippen molar-refractivity contribution in [3.05, 3.63) is 0 Å². The van der Waals surface area contributed by atoms with Gasteiger partial charge in [0.1, 0.15) is 5.78 Å². The van der Waals surface area contributed by atoms with Crippen molar-refractivity contribution in [1.29, 1.82) is 0 Å². The Morgan fingerprint density at radius 3 is 2.62 bits per heavy atom. The van der Waals surface area contributed by atoms with Crippen molar-refractivity contribution < 1.29 is 19.1 Å². The van der Waals surface area contributed by atoms with E-state index in [0.29, 0.717) is 6.19 Å². The largest absolute Gasteiger partial charge is 0.469 e. The van der Waals surface area contributed by atoms with Crippen LogP contribution < -0.4 is 5.23 Å². The molecule has 1 radical (unpaired) electrons. The molecule has 0 saturated carbocycles. The highest BCUT2D eigenvalue weighted by atomic mass is 16.5. The van der Waals surface area contributed by atoms with Crippen molar-refractivity contribution in [3.8, 4) is 0 Å². The number of hydrogen-bond acceptors (Lipinski definition) is 5. The molecule has 5 nitrogen and oxygen atoms in total. The zero-order valence-corrected chi connectivity index (χ0v) is 7.57. The Labute approximate surface area is 77.1 Å². The Bertz CT molecular complexity index is 207. The maximum absolute atomic E-state index is 10.9. The van der Waals surface area contributed by atoms with Gasteiger partial charge in [0.15, 0.2) is 0 Å². The van der Waals surface area contributed by atoms with Crippen molar-refractivity contribution in [2.45, 2.75) is 19.4 Å². The van der Waals surface area contributed by atoms with Crippen LogP contribution in [0.4, 0.5) is 0 Å². The van der Waals surface area contributed by atoms with E-state index >= 15 is 0 Å². The Balaban J connectivity index is 4.01. The number of carbonyl (C=O) groups is 3. The van der Waals surface area contributed by atoms with Crippen LogP contribution in [0.25, 0.3) is 0 Å². The van der Waals surface area contributed by atoms with Gasteiger partial charge < -0.3 is 14.8 Å². The summed E-state index contributed by atoms with van der Waals surface area (Å²) in [5, 5.41) is 2.49. The lowest BCUT2D eigenvalue weighted by atomic mass is 9.94. The minimum atomic E-state index is -0.683. The Kier molecular flexibility index (Phi) is 5.79. The highest BCUT2D eigenvalue weighted by Crippen LogP contribution is 1.94. The molecule has 0 rings (SSSR count). The lowest BCUT2D eigenvalue weighted by molar-refractivity contribution is -0.142. The van der Waals surface area contributed by atoms with Crippen molar-refractivity contribution in [3.63, 3.8) is 0 Å². The van der Waals surface area contributed by atoms with Gasteiger partial charge in [-0.1, -0.05) is 0 Å². The first-order valence-electron chi connectivity index (χ1n) is 3.72. The molecule has 0 amide bonds. The second-order valence-electron chi connectivity index (χ2n) is 2.41. The van der Waals surface area contributed by atoms with E-state index in [0.717, 1.165) is 7.41 Å². The van der Waals surface area contributed by atoms with Crippen LogP contribution in [0.3, 0.4) is 0 Å². The SMILES string of the molecule is COC(=O)C[C@@H](N[B]C=O)C(C)=O. The number of carbonyl (C=O) groups excluding carboxylic acids is 3. The topological polar surface area (TPSA) is 72.5 Å². The summed E-state index contributed by atoms with van der Waals surface area (Å²) in [4.78, 5) is 31.6. The van der Waals surface area contributed by atoms with E-state index in [-0.39, 0.29) is 12.2 Å². The molecule has 0 aromatic carbocycles. The van der Waals surface area contributed by atoms with Crippen LogP contribution in [0, 0.1) is 0 Å². The fourth-order valence-electron chi connectivity index (χ4n) is 0.725. The van der Waals surface area contributed by atoms with E-state index in [1.807, 2.05) is 0 Å². The maximum atomic E-state index is 10.9. The van der Waals surface area contributed by atoms with Gasteiger partial charge in [0, 0.05) is 0 Å². The molecule has 13 heavy (non-hydrogen) atoms. The van der Waals surface area contributed by atoms with Crippen molar-refractivity contribution in [1.82, 2.24) is 5.23 Å². The fraction of sp³-hybridized carbons (Fsp3) is 0.571. The van der Waals surface area contributed by atoms with Gasteiger partial charge >= 0.3 is 5.97 Å². The monoisotopic (exact) mass is 184 g/mol. The molecule has 1 N–H and O–H groups in total. The lowest BCUT2D eigenvalue weighted by Crippen LogP contribution is -2.40. The van der Waals surface area contributed by atoms with E-state index in [1.165, 1.54) is 14.0 Å². The van der Waals surface area contributed by atoms with E-state index in [2.05, 4.69) is 9.96 Å². The summed E-state index contributed by atoms with van der Waals surface area (Å²) in [6.07, 6.45) is 0.434. The molecular formula is C7H11BNO4. The minimum Gasteiger partial charge on any atom is -0.469 e. The first-order chi connectivity index (χ1) is 6.11. The summed E-state index contributed by atoms with van der Waals surface area (Å²) in [6, 6.07) is -0.683. The molecular weight excluding hydrogens is 173 g/mol. The normalized spacial score (nSPS) is 11.5. The van der Waals surface area contributed by atoms with Gasteiger partial charge in [-0.3, -0.25) is 9.59 Å². The predicted octanol–water partition coefficient (Wildman–Crippen LogP) is -1.09. The molecule has 71 valence electrons. The summed E-state index contributed by atoms with van der Waals surface area (Å²) >= 11 is 0. The molecule has 0 heterocycles. The highest BCUT2D eigenvalue weighted by molar-refractivity contribution is 6.64. The van der Waals surface area contributed by atoms with Crippen molar-refractivity contribution in [2.75, 3.05) is 7.11 Å². The van der Waals surface area contributed by atoms with E-state index in [4.69, 9.17) is 0 Å². The molecule has 0 fully saturated rings. The van der Waals surface area contributed by atoms with Crippen LogP contribution >= 0.6 is 0 Å². The Hall–Kier alpha value is -1.17. The third-order valence-electron chi connectivity index (χ3n) is 1.45. The lowest BCUT2D eigenvalue weighted by Gasteiger charge is -2.11. The summed E-state index contributed by atoms with van der Waals surface area (Å²) in [5.74, 6) is -0.713. The molecule has 0 aliphatic carbocycles. The Morgan fingerprint density at radius 2 is 2.23 bits per heavy atom. The van der Waals surface area contributed by atoms with Crippen LogP contribution in [0.2, 0.25) is 0 Å². The molecule has 6 heteroatoms. The standard InChI is InChI=1S/C7H11BNO4/c1-5(11)6(9-8-4-10)3-7(12)13-2/h4,6,9H,3H2,1-2H3/t6-/m1/s1. The average Bonchev–Trinajstić information content (AvgIpc) is 2.11. The zero-order valence-electron chi connectivity index (χ0n) is 7.57. The molecule has 0 aromatic rings. The fourth-order valence-corrected chi connectivity index (χ4v) is 0.725. The number of hydrogen-bond donors (Lipinski definition) is 1. The third kappa shape index (κ3) is 5.13. The summed E-state index contributed by atoms with van der Waals surface area (Å²) in [6.45, 7) is 1.33. The van der Waals surface area contributed by atoms with Gasteiger partial charge in [-0.05, 0) is 6.92 Å². The molecule has 0 unspecified atom stereocenters. The number of nitrogens with one attached hydrogen (secondary N) is 1. The molecule has 0 aliphatic heterocycles. The van der Waals surface area contributed by atoms with E-state index in [9.17, 15) is 14.4 Å². The van der Waals surface area contributed by atoms with E-state index in [1.54, 1.807) is 0 Å². The average molecular weight is 184 g/mol. The van der Waals surface area contributed by atoms with Crippen LogP contribution in [-0.4, -0.2) is 38.5 Å². The molecule has 0 aromatic heterocycles. The number of rotatable bonds is 6. The van der Waals surface area contributed by atoms with Gasteiger partial charge in [0.05, 0.1) is 25.8 Å². The van der Waals surface area contributed by atoms with Gasteiger partial charge in [-0.2, -0.15) is 0 Å². The number of esters is 1. The van der Waals surface area contributed by atoms with Crippen LogP contribution in [0.1, 0.15) is 13.3 Å². The highest BCUT2D eigenvalue weighted by Gasteiger charge is 2.17. The van der Waals surface area contributed by atoms with Crippen molar-refractivity contribution >= 4 is 25.4 Å². The predicted molar refractivity (Wildman–Crippen MR) is 46.7 cm³/mol. The molecule has 0 spiro atoms. The van der Waals surface area contributed by atoms with Crippen LogP contribution in [-0.2, 0) is 19.1 Å². The number of Topliss-reactive ketones (excluding diaryl/α,β-unsaturated/α-hetero) is 1. The summed E-state index contributed by atoms with van der Waals surface area (Å²) in [7, 11) is 2.32. The maximum Gasteiger partial charge on any atom is 0.307 e. The van der Waals surface area contributed by atoms with Gasteiger partial charge in [0.25, 0.3) is 7.41 Å². The Morgan fingerprint density at radius 1 is 1.62 bits per heavy atom. The number of ether oxygens (including phenoxy) is 1. The first kappa shape index (κ1) is 11.8. The second kappa shape index (κ2) is 6.36. The van der Waals surface area contributed by atoms with Gasteiger partial charge in [-0.15, -0.1) is 0 Å². The molecule has 0 aliphatic rings. The third-order valence-corrected chi connectivity index (χ3v) is 1.45. The quantitative estimate of drug-likeness (QED) is 0.322. The van der Waals surface area contributed by atoms with Crippen LogP contribution in [0.5, 0.6) is 0 Å². The zero-order chi connectivity index (χ0) is 10.3. The van der Waals surface area contributed by atoms with Crippen molar-refractivity contribution in [2.24, 2.45) is 0 Å². The second-order valence-corrected chi connectivity index (χ2v) is 2.41.